The molecule has 0 radical (unpaired) electrons. The van der Waals surface area contributed by atoms with Crippen LogP contribution in [0, 0.1) is 33.8 Å². The third-order valence-electron chi connectivity index (χ3n) is 11.5. The number of esters is 2. The topological polar surface area (TPSA) is 204 Å². The van der Waals surface area contributed by atoms with Crippen LogP contribution < -0.4 is 0 Å². The molecular formula is C40H62N2O13. The number of nitro groups is 1. The van der Waals surface area contributed by atoms with Gasteiger partial charge in [-0.25, -0.2) is 0 Å². The number of nitro benzene ring substituents is 1. The molecule has 310 valence electrons. The molecule has 0 amide bonds. The summed E-state index contributed by atoms with van der Waals surface area (Å²) in [6.07, 6.45) is -6.13. The number of likely N-dealkylation sites (N-methyl/N-ethyl adjacent to an activating group) is 1. The van der Waals surface area contributed by atoms with Crippen LogP contribution in [0.4, 0.5) is 5.69 Å². The smallest absolute Gasteiger partial charge is 0.312 e. The van der Waals surface area contributed by atoms with E-state index in [-0.39, 0.29) is 36.8 Å². The molecule has 55 heavy (non-hydrogen) atoms. The number of Topliss-reactive ketones (excluding diaryl/α,β-unsaturated/α-hetero) is 1. The maximum Gasteiger partial charge on any atom is 0.312 e. The van der Waals surface area contributed by atoms with Crippen LogP contribution in [0.15, 0.2) is 36.9 Å². The third-order valence-corrected chi connectivity index (χ3v) is 11.5. The van der Waals surface area contributed by atoms with Crippen LogP contribution in [0.1, 0.15) is 80.2 Å². The van der Waals surface area contributed by atoms with E-state index in [4.69, 9.17) is 23.7 Å². The van der Waals surface area contributed by atoms with Gasteiger partial charge in [0.05, 0.1) is 41.2 Å². The molecular weight excluding hydrogens is 716 g/mol. The van der Waals surface area contributed by atoms with Gasteiger partial charge in [0.1, 0.15) is 29.7 Å². The molecule has 0 spiro atoms. The van der Waals surface area contributed by atoms with Crippen molar-refractivity contribution in [1.29, 1.82) is 0 Å². The molecule has 3 N–H and O–H groups in total. The van der Waals surface area contributed by atoms with E-state index in [1.165, 1.54) is 52.1 Å². The van der Waals surface area contributed by atoms with Gasteiger partial charge in [0.2, 0.25) is 0 Å². The second kappa shape index (κ2) is 19.2. The van der Waals surface area contributed by atoms with Crippen LogP contribution in [-0.4, -0.2) is 124 Å². The fourth-order valence-corrected chi connectivity index (χ4v) is 8.19. The molecule has 2 heterocycles. The molecule has 0 aromatic heterocycles. The van der Waals surface area contributed by atoms with Gasteiger partial charge in [0.15, 0.2) is 6.29 Å². The first kappa shape index (κ1) is 46.1. The molecule has 2 fully saturated rings. The maximum absolute atomic E-state index is 14.1. The van der Waals surface area contributed by atoms with Crippen LogP contribution in [0.25, 0.3) is 0 Å². The Balaban J connectivity index is 2.20. The third kappa shape index (κ3) is 10.8. The van der Waals surface area contributed by atoms with E-state index in [1.807, 2.05) is 18.9 Å². The number of aliphatic hydroxyl groups excluding tert-OH is 2. The Kier molecular flexibility index (Phi) is 16.1. The second-order valence-electron chi connectivity index (χ2n) is 15.9. The van der Waals surface area contributed by atoms with Crippen LogP contribution >= 0.6 is 0 Å². The summed E-state index contributed by atoms with van der Waals surface area (Å²) in [5, 5.41) is 46.1. The molecule has 2 aliphatic rings. The fourth-order valence-electron chi connectivity index (χ4n) is 8.19. The lowest BCUT2D eigenvalue weighted by Crippen LogP contribution is -2.61. The second-order valence-corrected chi connectivity index (χ2v) is 15.9. The van der Waals surface area contributed by atoms with Crippen molar-refractivity contribution in [1.82, 2.24) is 4.90 Å². The Hall–Kier alpha value is -3.31. The van der Waals surface area contributed by atoms with Crippen LogP contribution in [-0.2, 0) is 44.5 Å². The Labute approximate surface area is 324 Å². The van der Waals surface area contributed by atoms with Gasteiger partial charge in [-0.2, -0.15) is 0 Å². The van der Waals surface area contributed by atoms with Gasteiger partial charge in [0.25, 0.3) is 5.69 Å². The first-order valence-corrected chi connectivity index (χ1v) is 19.1. The molecule has 1 aromatic rings. The Bertz CT molecular complexity index is 1500. The number of ether oxygens (including phenoxy) is 5. The molecule has 3 rings (SSSR count). The summed E-state index contributed by atoms with van der Waals surface area (Å²) in [4.78, 5) is 54.5. The van der Waals surface area contributed by atoms with Gasteiger partial charge in [-0.1, -0.05) is 45.9 Å². The first-order valence-electron chi connectivity index (χ1n) is 19.1. The van der Waals surface area contributed by atoms with E-state index in [9.17, 15) is 39.8 Å². The largest absolute Gasteiger partial charge is 0.461 e. The minimum Gasteiger partial charge on any atom is -0.461 e. The van der Waals surface area contributed by atoms with Crippen molar-refractivity contribution in [2.75, 3.05) is 20.7 Å². The molecule has 14 atom stereocenters. The Morgan fingerprint density at radius 2 is 1.80 bits per heavy atom. The van der Waals surface area contributed by atoms with Crippen molar-refractivity contribution in [3.8, 4) is 0 Å². The number of benzene rings is 1. The maximum atomic E-state index is 14.1. The van der Waals surface area contributed by atoms with Gasteiger partial charge >= 0.3 is 11.9 Å². The monoisotopic (exact) mass is 778 g/mol. The van der Waals surface area contributed by atoms with Gasteiger partial charge in [-0.15, -0.1) is 6.58 Å². The number of rotatable bonds is 11. The number of nitrogens with zero attached hydrogens (tertiary/aromatic N) is 2. The van der Waals surface area contributed by atoms with Gasteiger partial charge in [-0.05, 0) is 59.6 Å². The molecule has 0 aliphatic carbocycles. The lowest BCUT2D eigenvalue weighted by Gasteiger charge is -2.48. The predicted molar refractivity (Wildman–Crippen MR) is 202 cm³/mol. The average molecular weight is 779 g/mol. The molecule has 15 nitrogen and oxygen atoms in total. The van der Waals surface area contributed by atoms with E-state index in [0.29, 0.717) is 18.5 Å². The van der Waals surface area contributed by atoms with Crippen molar-refractivity contribution in [2.45, 2.75) is 141 Å². The predicted octanol–water partition coefficient (Wildman–Crippen LogP) is 3.77. The molecule has 0 unspecified atom stereocenters. The van der Waals surface area contributed by atoms with Gasteiger partial charge < -0.3 is 39.0 Å². The summed E-state index contributed by atoms with van der Waals surface area (Å²) >= 11 is 0. The zero-order valence-electron chi connectivity index (χ0n) is 33.9. The van der Waals surface area contributed by atoms with Crippen LogP contribution in [0.5, 0.6) is 0 Å². The first-order chi connectivity index (χ1) is 25.6. The molecule has 0 saturated carbocycles. The molecule has 0 bridgehead atoms. The molecule has 2 aliphatic heterocycles. The lowest BCUT2D eigenvalue weighted by molar-refractivity contribution is -0.384. The number of carbonyl (C=O) groups is 3. The Morgan fingerprint density at radius 3 is 2.38 bits per heavy atom. The number of carbonyl (C=O) groups excluding carboxylic acids is 3. The standard InChI is InChI=1S/C40H62N2O13/c1-12-17-41(10)29-18-23(4)52-38(33(29)45)55-36-25(6)34(54-31(43)20-27-15-14-16-28(19-27)42(49)50)26(7)37(47)53-30(13-2)40(9,48)35(46)24(5)32(44)22(3)21-39(36,8)51-11/h12,14-16,19,22-26,29-30,33-36,38,45-46,48H,1,13,17-18,20-21H2,2-11H3/t22-,23-,24+,25+,26-,29+,30-,33-,34+,35-,36-,38+,39-,40-/m1/s1. The SMILES string of the molecule is C=CCN(C)[C@H]1C[C@@H](C)O[C@@H](O[C@@H]2[C@@H](C)[C@H](OC(=O)Cc3cccc([N+](=O)[O-])c3)[C@@H](C)C(=O)O[C@H](CC)[C@@](C)(O)[C@H](O)[C@@H](C)C(=O)[C@H](C)C[C@@]2(C)OC)[C@@H]1O. The van der Waals surface area contributed by atoms with Crippen LogP contribution in [0.3, 0.4) is 0 Å². The summed E-state index contributed by atoms with van der Waals surface area (Å²) in [5.41, 5.74) is -3.33. The highest BCUT2D eigenvalue weighted by Gasteiger charge is 2.53. The van der Waals surface area contributed by atoms with Gasteiger partial charge in [-0.3, -0.25) is 29.4 Å². The normalized spacial score (nSPS) is 38.1. The highest BCUT2D eigenvalue weighted by molar-refractivity contribution is 5.83. The minimum atomic E-state index is -2.04. The van der Waals surface area contributed by atoms with E-state index in [0.717, 1.165) is 0 Å². The fraction of sp³-hybridized carbons (Fsp3) is 0.725. The molecule has 15 heteroatoms. The number of methoxy groups -OCH3 is 1. The zero-order chi connectivity index (χ0) is 41.6. The summed E-state index contributed by atoms with van der Waals surface area (Å²) in [6.45, 7) is 17.2. The quantitative estimate of drug-likeness (QED) is 0.127. The Morgan fingerprint density at radius 1 is 1.15 bits per heavy atom. The minimum absolute atomic E-state index is 0.0130. The number of hydrogen-bond donors (Lipinski definition) is 3. The lowest BCUT2D eigenvalue weighted by atomic mass is 9.74. The number of ketones is 1. The van der Waals surface area contributed by atoms with E-state index >= 15 is 0 Å². The van der Waals surface area contributed by atoms with Crippen molar-refractivity contribution < 1.29 is 58.3 Å². The number of aliphatic hydroxyl groups is 3. The van der Waals surface area contributed by atoms with E-state index in [2.05, 4.69) is 6.58 Å². The molecule has 1 aromatic carbocycles. The van der Waals surface area contributed by atoms with Crippen molar-refractivity contribution in [2.24, 2.45) is 23.7 Å². The van der Waals surface area contributed by atoms with Crippen LogP contribution in [0.2, 0.25) is 0 Å². The molecule has 2 saturated heterocycles. The highest BCUT2D eigenvalue weighted by Crippen LogP contribution is 2.40. The summed E-state index contributed by atoms with van der Waals surface area (Å²) in [7, 11) is 3.28. The summed E-state index contributed by atoms with van der Waals surface area (Å²) in [5.74, 6) is -6.05. The van der Waals surface area contributed by atoms with Gasteiger partial charge in [0, 0.05) is 49.6 Å². The van der Waals surface area contributed by atoms with E-state index < -0.39 is 94.6 Å². The van der Waals surface area contributed by atoms with Crippen molar-refractivity contribution in [3.05, 3.63) is 52.6 Å². The summed E-state index contributed by atoms with van der Waals surface area (Å²) in [6, 6.07) is 5.14. The zero-order valence-corrected chi connectivity index (χ0v) is 33.9. The van der Waals surface area contributed by atoms with Crippen molar-refractivity contribution >= 4 is 23.4 Å². The number of cyclic esters (lactones) is 1. The average Bonchev–Trinajstić information content (AvgIpc) is 3.13. The number of non-ortho nitro benzene ring substituents is 1. The van der Waals surface area contributed by atoms with E-state index in [1.54, 1.807) is 33.8 Å². The van der Waals surface area contributed by atoms with Crippen molar-refractivity contribution in [3.63, 3.8) is 0 Å². The number of hydrogen-bond acceptors (Lipinski definition) is 14. The highest BCUT2D eigenvalue weighted by atomic mass is 16.7. The summed E-state index contributed by atoms with van der Waals surface area (Å²) < 4.78 is 31.1.